The normalized spacial score (nSPS) is 23.1. The van der Waals surface area contributed by atoms with E-state index in [1.54, 1.807) is 4.90 Å². The van der Waals surface area contributed by atoms with Crippen LogP contribution in [0.5, 0.6) is 0 Å². The second-order valence-electron chi connectivity index (χ2n) is 6.00. The summed E-state index contributed by atoms with van der Waals surface area (Å²) in [7, 11) is 1.90. The van der Waals surface area contributed by atoms with E-state index in [4.69, 9.17) is 0 Å². The monoisotopic (exact) mass is 290 g/mol. The summed E-state index contributed by atoms with van der Waals surface area (Å²) in [6.45, 7) is 3.08. The van der Waals surface area contributed by atoms with E-state index in [-0.39, 0.29) is 17.9 Å². The summed E-state index contributed by atoms with van der Waals surface area (Å²) in [5, 5.41) is 7.31. The van der Waals surface area contributed by atoms with E-state index in [1.165, 1.54) is 0 Å². The molecule has 114 valence electrons. The Morgan fingerprint density at radius 3 is 2.76 bits per heavy atom. The molecule has 21 heavy (non-hydrogen) atoms. The summed E-state index contributed by atoms with van der Waals surface area (Å²) in [4.78, 5) is 26.2. The van der Waals surface area contributed by atoms with Crippen molar-refractivity contribution in [1.29, 1.82) is 0 Å². The van der Waals surface area contributed by atoms with Crippen molar-refractivity contribution < 1.29 is 9.59 Å². The summed E-state index contributed by atoms with van der Waals surface area (Å²) < 4.78 is 1.83. The molecule has 2 heterocycles. The van der Waals surface area contributed by atoms with Gasteiger partial charge in [0.2, 0.25) is 11.8 Å². The number of nitrogens with one attached hydrogen (secondary N) is 1. The molecule has 1 aliphatic carbocycles. The third-order valence-corrected chi connectivity index (χ3v) is 4.34. The molecule has 1 N–H and O–H groups in total. The van der Waals surface area contributed by atoms with E-state index in [9.17, 15) is 9.59 Å². The van der Waals surface area contributed by atoms with Crippen LogP contribution >= 0.6 is 0 Å². The second-order valence-corrected chi connectivity index (χ2v) is 6.00. The number of aryl methyl sites for hydroxylation is 2. The van der Waals surface area contributed by atoms with Crippen LogP contribution in [0.25, 0.3) is 0 Å². The number of nitrogens with zero attached hydrogens (tertiary/aromatic N) is 3. The van der Waals surface area contributed by atoms with E-state index in [0.717, 1.165) is 30.7 Å². The highest BCUT2D eigenvalue weighted by molar-refractivity contribution is 5.90. The Bertz CT molecular complexity index is 562. The zero-order chi connectivity index (χ0) is 15.0. The summed E-state index contributed by atoms with van der Waals surface area (Å²) in [5.74, 6) is 0.379. The van der Waals surface area contributed by atoms with Crippen LogP contribution in [0, 0.1) is 5.92 Å². The molecule has 1 atom stereocenters. The van der Waals surface area contributed by atoms with Gasteiger partial charge < -0.3 is 10.2 Å². The lowest BCUT2D eigenvalue weighted by atomic mass is 10.1. The van der Waals surface area contributed by atoms with Gasteiger partial charge in [-0.3, -0.25) is 14.3 Å². The molecule has 3 rings (SSSR count). The fraction of sp³-hybridized carbons (Fsp3) is 0.667. The molecule has 1 aromatic heterocycles. The van der Waals surface area contributed by atoms with Crippen molar-refractivity contribution in [2.75, 3.05) is 6.54 Å². The number of hydrogen-bond donors (Lipinski definition) is 1. The molecule has 0 radical (unpaired) electrons. The quantitative estimate of drug-likeness (QED) is 0.883. The predicted octanol–water partition coefficient (Wildman–Crippen LogP) is 0.610. The van der Waals surface area contributed by atoms with E-state index >= 15 is 0 Å². The smallest absolute Gasteiger partial charge is 0.245 e. The fourth-order valence-corrected chi connectivity index (χ4v) is 2.84. The lowest BCUT2D eigenvalue weighted by Crippen LogP contribution is -2.45. The Balaban J connectivity index is 1.77. The van der Waals surface area contributed by atoms with Crippen molar-refractivity contribution in [3.8, 4) is 0 Å². The average Bonchev–Trinajstić information content (AvgIpc) is 3.25. The number of carbonyl (C=O) groups is 2. The van der Waals surface area contributed by atoms with E-state index < -0.39 is 0 Å². The molecule has 1 saturated heterocycles. The average molecular weight is 290 g/mol. The summed E-state index contributed by atoms with van der Waals surface area (Å²) in [6.07, 6.45) is 3.34. The molecular formula is C15H22N4O2. The van der Waals surface area contributed by atoms with Crippen molar-refractivity contribution in [3.63, 3.8) is 0 Å². The maximum Gasteiger partial charge on any atom is 0.245 e. The van der Waals surface area contributed by atoms with Crippen LogP contribution in [0.15, 0.2) is 6.07 Å². The lowest BCUT2D eigenvalue weighted by molar-refractivity contribution is -0.134. The molecule has 2 fully saturated rings. The fourth-order valence-electron chi connectivity index (χ4n) is 2.84. The van der Waals surface area contributed by atoms with Gasteiger partial charge in [0, 0.05) is 20.0 Å². The maximum atomic E-state index is 12.6. The van der Waals surface area contributed by atoms with Crippen LogP contribution in [0.4, 0.5) is 0 Å². The Morgan fingerprint density at radius 2 is 2.14 bits per heavy atom. The van der Waals surface area contributed by atoms with Gasteiger partial charge in [0.15, 0.2) is 0 Å². The Kier molecular flexibility index (Phi) is 3.69. The van der Waals surface area contributed by atoms with Gasteiger partial charge in [0.25, 0.3) is 0 Å². The standard InChI is InChI=1S/C15H22N4O2/c1-3-11-8-12(18(2)17-11)9-19-7-6-13(20)16-14(15(19)21)10-4-5-10/h8,10,14H,3-7,9H2,1-2H3,(H,16,20). The summed E-state index contributed by atoms with van der Waals surface area (Å²) >= 11 is 0. The zero-order valence-electron chi connectivity index (χ0n) is 12.6. The van der Waals surface area contributed by atoms with Crippen LogP contribution in [0.2, 0.25) is 0 Å². The Labute approximate surface area is 124 Å². The number of aromatic nitrogens is 2. The number of amides is 2. The van der Waals surface area contributed by atoms with Gasteiger partial charge in [0.05, 0.1) is 17.9 Å². The number of carbonyl (C=O) groups excluding carboxylic acids is 2. The van der Waals surface area contributed by atoms with Gasteiger partial charge in [0.1, 0.15) is 6.04 Å². The predicted molar refractivity (Wildman–Crippen MR) is 77.3 cm³/mol. The van der Waals surface area contributed by atoms with Gasteiger partial charge in [-0.15, -0.1) is 0 Å². The molecule has 6 heteroatoms. The molecule has 2 aliphatic rings. The van der Waals surface area contributed by atoms with Crippen molar-refractivity contribution in [3.05, 3.63) is 17.5 Å². The minimum Gasteiger partial charge on any atom is -0.344 e. The van der Waals surface area contributed by atoms with Crippen molar-refractivity contribution in [2.45, 2.75) is 45.2 Å². The first-order chi connectivity index (χ1) is 10.1. The largest absolute Gasteiger partial charge is 0.344 e. The third-order valence-electron chi connectivity index (χ3n) is 4.34. The minimum atomic E-state index is -0.320. The van der Waals surface area contributed by atoms with Crippen molar-refractivity contribution in [2.24, 2.45) is 13.0 Å². The summed E-state index contributed by atoms with van der Waals surface area (Å²) in [5.41, 5.74) is 2.05. The molecular weight excluding hydrogens is 268 g/mol. The Morgan fingerprint density at radius 1 is 1.38 bits per heavy atom. The first-order valence-electron chi connectivity index (χ1n) is 7.68. The molecule has 0 bridgehead atoms. The zero-order valence-corrected chi connectivity index (χ0v) is 12.6. The van der Waals surface area contributed by atoms with Gasteiger partial charge >= 0.3 is 0 Å². The number of rotatable bonds is 4. The molecule has 0 aromatic carbocycles. The molecule has 2 amide bonds. The highest BCUT2D eigenvalue weighted by atomic mass is 16.2. The molecule has 1 unspecified atom stereocenters. The highest BCUT2D eigenvalue weighted by Gasteiger charge is 2.41. The van der Waals surface area contributed by atoms with Gasteiger partial charge in [-0.2, -0.15) is 5.10 Å². The first kappa shape index (κ1) is 14.1. The molecule has 0 spiro atoms. The minimum absolute atomic E-state index is 0.0120. The van der Waals surface area contributed by atoms with Crippen molar-refractivity contribution >= 4 is 11.8 Å². The molecule has 1 saturated carbocycles. The third kappa shape index (κ3) is 2.94. The van der Waals surface area contributed by atoms with Gasteiger partial charge in [-0.1, -0.05) is 6.92 Å². The van der Waals surface area contributed by atoms with Crippen LogP contribution < -0.4 is 5.32 Å². The van der Waals surface area contributed by atoms with Crippen LogP contribution in [0.3, 0.4) is 0 Å². The van der Waals surface area contributed by atoms with Gasteiger partial charge in [-0.25, -0.2) is 0 Å². The van der Waals surface area contributed by atoms with E-state index in [0.29, 0.717) is 25.4 Å². The van der Waals surface area contributed by atoms with E-state index in [1.807, 2.05) is 17.8 Å². The Hall–Kier alpha value is -1.85. The lowest BCUT2D eigenvalue weighted by Gasteiger charge is -2.23. The second kappa shape index (κ2) is 5.50. The highest BCUT2D eigenvalue weighted by Crippen LogP contribution is 2.34. The van der Waals surface area contributed by atoms with Crippen LogP contribution in [-0.4, -0.2) is 39.1 Å². The number of hydrogen-bond acceptors (Lipinski definition) is 3. The topological polar surface area (TPSA) is 67.2 Å². The van der Waals surface area contributed by atoms with Crippen LogP contribution in [0.1, 0.15) is 37.6 Å². The molecule has 1 aromatic rings. The maximum absolute atomic E-state index is 12.6. The summed E-state index contributed by atoms with van der Waals surface area (Å²) in [6, 6.07) is 1.72. The van der Waals surface area contributed by atoms with E-state index in [2.05, 4.69) is 17.3 Å². The van der Waals surface area contributed by atoms with Crippen molar-refractivity contribution in [1.82, 2.24) is 20.0 Å². The first-order valence-corrected chi connectivity index (χ1v) is 7.68. The molecule has 6 nitrogen and oxygen atoms in total. The SMILES string of the molecule is CCc1cc(CN2CCC(=O)NC(C3CC3)C2=O)n(C)n1. The van der Waals surface area contributed by atoms with Crippen LogP contribution in [-0.2, 0) is 29.6 Å². The van der Waals surface area contributed by atoms with Gasteiger partial charge in [-0.05, 0) is 31.2 Å². The molecule has 1 aliphatic heterocycles.